The van der Waals surface area contributed by atoms with Crippen LogP contribution in [0, 0.1) is 0 Å². The summed E-state index contributed by atoms with van der Waals surface area (Å²) in [6.07, 6.45) is 0.526. The summed E-state index contributed by atoms with van der Waals surface area (Å²) in [5.41, 5.74) is 1.04. The summed E-state index contributed by atoms with van der Waals surface area (Å²) in [4.78, 5) is 0. The SMILES string of the molecule is COc1ccc(Cc2nnc(-c3ccc(COc4ccc5c(c4)OCO5)o3)o2)cc1. The summed E-state index contributed by atoms with van der Waals surface area (Å²) in [6.45, 7) is 0.484. The normalized spacial score (nSPS) is 12.2. The Kier molecular flexibility index (Phi) is 4.72. The van der Waals surface area contributed by atoms with Crippen molar-refractivity contribution in [3.63, 3.8) is 0 Å². The second-order valence-corrected chi connectivity index (χ2v) is 6.60. The fourth-order valence-electron chi connectivity index (χ4n) is 3.03. The molecular weight excluding hydrogens is 388 g/mol. The van der Waals surface area contributed by atoms with Crippen LogP contribution in [-0.4, -0.2) is 24.1 Å². The lowest BCUT2D eigenvalue weighted by Gasteiger charge is -2.05. The number of nitrogens with zero attached hydrogens (tertiary/aromatic N) is 2. The van der Waals surface area contributed by atoms with Gasteiger partial charge in [-0.15, -0.1) is 10.2 Å². The smallest absolute Gasteiger partial charge is 0.283 e. The summed E-state index contributed by atoms with van der Waals surface area (Å²) in [6, 6.07) is 16.7. The molecule has 2 aromatic heterocycles. The van der Waals surface area contributed by atoms with E-state index in [9.17, 15) is 0 Å². The van der Waals surface area contributed by atoms with Crippen LogP contribution >= 0.6 is 0 Å². The van der Waals surface area contributed by atoms with Crippen LogP contribution in [0.1, 0.15) is 17.2 Å². The summed E-state index contributed by atoms with van der Waals surface area (Å²) in [5, 5.41) is 8.18. The number of ether oxygens (including phenoxy) is 4. The van der Waals surface area contributed by atoms with Gasteiger partial charge in [-0.3, -0.25) is 0 Å². The van der Waals surface area contributed by atoms with E-state index in [-0.39, 0.29) is 13.4 Å². The maximum Gasteiger partial charge on any atom is 0.283 e. The number of fused-ring (bicyclic) bond motifs is 1. The molecule has 0 saturated heterocycles. The van der Waals surface area contributed by atoms with Gasteiger partial charge in [0, 0.05) is 6.07 Å². The lowest BCUT2D eigenvalue weighted by atomic mass is 10.1. The van der Waals surface area contributed by atoms with E-state index in [0.717, 1.165) is 11.3 Å². The van der Waals surface area contributed by atoms with Crippen molar-refractivity contribution in [2.75, 3.05) is 13.9 Å². The molecule has 30 heavy (non-hydrogen) atoms. The Balaban J connectivity index is 1.22. The van der Waals surface area contributed by atoms with Crippen LogP contribution in [0.25, 0.3) is 11.7 Å². The van der Waals surface area contributed by atoms with Crippen molar-refractivity contribution in [2.45, 2.75) is 13.0 Å². The molecule has 0 radical (unpaired) electrons. The first-order chi connectivity index (χ1) is 14.8. The van der Waals surface area contributed by atoms with Crippen LogP contribution < -0.4 is 18.9 Å². The van der Waals surface area contributed by atoms with Crippen LogP contribution in [0.5, 0.6) is 23.0 Å². The molecule has 3 heterocycles. The van der Waals surface area contributed by atoms with Gasteiger partial charge in [0.2, 0.25) is 12.7 Å². The number of hydrogen-bond donors (Lipinski definition) is 0. The molecule has 8 heteroatoms. The second kappa shape index (κ2) is 7.82. The number of rotatable bonds is 7. The first-order valence-electron chi connectivity index (χ1n) is 9.34. The molecule has 0 aliphatic carbocycles. The Bertz CT molecular complexity index is 1150. The lowest BCUT2D eigenvalue weighted by Crippen LogP contribution is -1.94. The van der Waals surface area contributed by atoms with Gasteiger partial charge in [0.15, 0.2) is 17.3 Å². The highest BCUT2D eigenvalue weighted by molar-refractivity contribution is 5.47. The molecule has 0 fully saturated rings. The third-order valence-corrected chi connectivity index (χ3v) is 4.58. The topological polar surface area (TPSA) is 89.0 Å². The molecule has 0 unspecified atom stereocenters. The van der Waals surface area contributed by atoms with Gasteiger partial charge in [-0.25, -0.2) is 0 Å². The monoisotopic (exact) mass is 406 g/mol. The van der Waals surface area contributed by atoms with Crippen molar-refractivity contribution < 1.29 is 27.8 Å². The van der Waals surface area contributed by atoms with Crippen molar-refractivity contribution in [1.82, 2.24) is 10.2 Å². The van der Waals surface area contributed by atoms with Crippen molar-refractivity contribution in [1.29, 1.82) is 0 Å². The van der Waals surface area contributed by atoms with E-state index in [1.807, 2.05) is 42.5 Å². The molecule has 5 rings (SSSR count). The molecule has 2 aromatic carbocycles. The highest BCUT2D eigenvalue weighted by Crippen LogP contribution is 2.35. The Morgan fingerprint density at radius 3 is 2.57 bits per heavy atom. The third-order valence-electron chi connectivity index (χ3n) is 4.58. The predicted octanol–water partition coefficient (Wildman–Crippen LogP) is 4.24. The molecule has 4 aromatic rings. The predicted molar refractivity (Wildman–Crippen MR) is 105 cm³/mol. The number of hydrogen-bond acceptors (Lipinski definition) is 8. The Morgan fingerprint density at radius 2 is 1.70 bits per heavy atom. The van der Waals surface area contributed by atoms with E-state index in [2.05, 4.69) is 10.2 Å². The lowest BCUT2D eigenvalue weighted by molar-refractivity contribution is 0.173. The zero-order chi connectivity index (χ0) is 20.3. The van der Waals surface area contributed by atoms with Crippen molar-refractivity contribution in [3.05, 3.63) is 71.8 Å². The van der Waals surface area contributed by atoms with Gasteiger partial charge in [-0.1, -0.05) is 12.1 Å². The fraction of sp³-hybridized carbons (Fsp3) is 0.182. The van der Waals surface area contributed by atoms with E-state index in [0.29, 0.717) is 47.0 Å². The maximum atomic E-state index is 5.78. The van der Waals surface area contributed by atoms with Crippen LogP contribution in [-0.2, 0) is 13.0 Å². The fourth-order valence-corrected chi connectivity index (χ4v) is 3.03. The highest BCUT2D eigenvalue weighted by Gasteiger charge is 2.16. The van der Waals surface area contributed by atoms with Gasteiger partial charge in [0.05, 0.1) is 13.5 Å². The highest BCUT2D eigenvalue weighted by atomic mass is 16.7. The largest absolute Gasteiger partial charge is 0.497 e. The van der Waals surface area contributed by atoms with Crippen LogP contribution in [0.4, 0.5) is 0 Å². The minimum atomic E-state index is 0.227. The number of furan rings is 1. The summed E-state index contributed by atoms with van der Waals surface area (Å²) in [7, 11) is 1.64. The molecule has 152 valence electrons. The molecule has 0 bridgehead atoms. The van der Waals surface area contributed by atoms with Crippen LogP contribution in [0.2, 0.25) is 0 Å². The van der Waals surface area contributed by atoms with Gasteiger partial charge in [0.25, 0.3) is 5.89 Å². The van der Waals surface area contributed by atoms with Gasteiger partial charge in [0.1, 0.15) is 23.9 Å². The van der Waals surface area contributed by atoms with Crippen molar-refractivity contribution in [2.24, 2.45) is 0 Å². The molecule has 1 aliphatic rings. The Hall–Kier alpha value is -3.94. The molecule has 0 atom stereocenters. The zero-order valence-electron chi connectivity index (χ0n) is 16.2. The van der Waals surface area contributed by atoms with Gasteiger partial charge >= 0.3 is 0 Å². The van der Waals surface area contributed by atoms with Crippen molar-refractivity contribution in [3.8, 4) is 34.6 Å². The number of methoxy groups -OCH3 is 1. The number of aromatic nitrogens is 2. The van der Waals surface area contributed by atoms with Gasteiger partial charge < -0.3 is 27.8 Å². The third kappa shape index (κ3) is 3.80. The second-order valence-electron chi connectivity index (χ2n) is 6.60. The standard InChI is InChI=1S/C22H18N2O6/c1-25-15-4-2-14(3-5-15)10-21-23-24-22(30-21)19-9-7-17(29-19)12-26-16-6-8-18-20(11-16)28-13-27-18/h2-9,11H,10,12-13H2,1H3. The van der Waals surface area contributed by atoms with E-state index in [1.54, 1.807) is 19.2 Å². The van der Waals surface area contributed by atoms with E-state index < -0.39 is 0 Å². The average Bonchev–Trinajstić information content (AvgIpc) is 3.53. The quantitative estimate of drug-likeness (QED) is 0.450. The minimum Gasteiger partial charge on any atom is -0.497 e. The molecule has 0 spiro atoms. The van der Waals surface area contributed by atoms with Crippen molar-refractivity contribution >= 4 is 0 Å². The zero-order valence-corrected chi connectivity index (χ0v) is 16.2. The maximum absolute atomic E-state index is 5.78. The number of benzene rings is 2. The van der Waals surface area contributed by atoms with Crippen LogP contribution in [0.3, 0.4) is 0 Å². The molecule has 1 aliphatic heterocycles. The first-order valence-corrected chi connectivity index (χ1v) is 9.34. The van der Waals surface area contributed by atoms with Crippen LogP contribution in [0.15, 0.2) is 63.4 Å². The molecule has 0 N–H and O–H groups in total. The summed E-state index contributed by atoms with van der Waals surface area (Å²) < 4.78 is 33.1. The van der Waals surface area contributed by atoms with E-state index in [1.165, 1.54) is 0 Å². The Labute approximate surface area is 172 Å². The van der Waals surface area contributed by atoms with E-state index in [4.69, 9.17) is 27.8 Å². The minimum absolute atomic E-state index is 0.227. The molecule has 8 nitrogen and oxygen atoms in total. The first kappa shape index (κ1) is 18.1. The molecule has 0 saturated carbocycles. The average molecular weight is 406 g/mol. The summed E-state index contributed by atoms with van der Waals surface area (Å²) in [5.74, 6) is 4.81. The summed E-state index contributed by atoms with van der Waals surface area (Å²) >= 11 is 0. The Morgan fingerprint density at radius 1 is 0.867 bits per heavy atom. The molecule has 0 amide bonds. The van der Waals surface area contributed by atoms with Gasteiger partial charge in [-0.2, -0.15) is 0 Å². The molecular formula is C22H18N2O6. The van der Waals surface area contributed by atoms with Gasteiger partial charge in [-0.05, 0) is 42.0 Å². The van der Waals surface area contributed by atoms with E-state index >= 15 is 0 Å².